The normalized spacial score (nSPS) is 10.6. The Bertz CT molecular complexity index is 1040. The predicted octanol–water partition coefficient (Wildman–Crippen LogP) is 3.93. The van der Waals surface area contributed by atoms with E-state index in [-0.39, 0.29) is 28.1 Å². The number of ether oxygens (including phenoxy) is 1. The number of esters is 1. The summed E-state index contributed by atoms with van der Waals surface area (Å²) in [6.45, 7) is 0. The van der Waals surface area contributed by atoms with Gasteiger partial charge in [0.05, 0.1) is 18.2 Å². The summed E-state index contributed by atoms with van der Waals surface area (Å²) in [6, 6.07) is 16.1. The number of methoxy groups -OCH3 is 1. The minimum Gasteiger partial charge on any atom is -0.463 e. The van der Waals surface area contributed by atoms with E-state index in [4.69, 9.17) is 4.42 Å². The van der Waals surface area contributed by atoms with Crippen molar-refractivity contribution in [2.45, 2.75) is 25.7 Å². The molecule has 144 valence electrons. The van der Waals surface area contributed by atoms with Gasteiger partial charge in [0.25, 0.3) is 0 Å². The van der Waals surface area contributed by atoms with Gasteiger partial charge in [-0.2, -0.15) is 0 Å². The zero-order valence-electron chi connectivity index (χ0n) is 15.6. The van der Waals surface area contributed by atoms with Crippen molar-refractivity contribution >= 4 is 28.5 Å². The molecule has 1 amide bonds. The van der Waals surface area contributed by atoms with E-state index in [1.54, 1.807) is 18.2 Å². The Balaban J connectivity index is 1.67. The number of hydrogen-bond donors (Lipinski definition) is 1. The molecule has 1 aromatic heterocycles. The van der Waals surface area contributed by atoms with Crippen LogP contribution < -0.4 is 10.7 Å². The Morgan fingerprint density at radius 1 is 1.04 bits per heavy atom. The summed E-state index contributed by atoms with van der Waals surface area (Å²) in [7, 11) is 1.20. The summed E-state index contributed by atoms with van der Waals surface area (Å²) in [5, 5.41) is 3.06. The third kappa shape index (κ3) is 4.65. The van der Waals surface area contributed by atoms with Gasteiger partial charge in [0.2, 0.25) is 11.7 Å². The summed E-state index contributed by atoms with van der Waals surface area (Å²) in [5.41, 5.74) is 1.39. The maximum atomic E-state index is 12.3. The summed E-state index contributed by atoms with van der Waals surface area (Å²) in [4.78, 5) is 36.2. The quantitative estimate of drug-likeness (QED) is 0.497. The van der Waals surface area contributed by atoms with Crippen molar-refractivity contribution in [2.75, 3.05) is 12.4 Å². The van der Waals surface area contributed by atoms with Crippen molar-refractivity contribution in [1.82, 2.24) is 0 Å². The number of hydrogen-bond acceptors (Lipinski definition) is 5. The number of amides is 1. The number of unbranched alkanes of at least 4 members (excludes halogenated alkanes) is 1. The van der Waals surface area contributed by atoms with E-state index in [0.717, 1.165) is 25.3 Å². The van der Waals surface area contributed by atoms with E-state index >= 15 is 0 Å². The first-order chi connectivity index (χ1) is 13.6. The lowest BCUT2D eigenvalue weighted by Crippen LogP contribution is -2.13. The lowest BCUT2D eigenvalue weighted by atomic mass is 10.1. The molecule has 3 rings (SSSR count). The zero-order valence-corrected chi connectivity index (χ0v) is 15.6. The highest BCUT2D eigenvalue weighted by Gasteiger charge is 2.15. The molecule has 0 radical (unpaired) electrons. The molecule has 0 aliphatic carbocycles. The topological polar surface area (TPSA) is 85.6 Å². The van der Waals surface area contributed by atoms with Crippen LogP contribution in [-0.4, -0.2) is 19.0 Å². The number of rotatable bonds is 7. The molecule has 0 saturated heterocycles. The predicted molar refractivity (Wildman–Crippen MR) is 106 cm³/mol. The summed E-state index contributed by atoms with van der Waals surface area (Å²) < 4.78 is 10.1. The van der Waals surface area contributed by atoms with Crippen LogP contribution in [0.3, 0.4) is 0 Å². The first-order valence-electron chi connectivity index (χ1n) is 9.07. The molecule has 3 aromatic rings. The lowest BCUT2D eigenvalue weighted by Gasteiger charge is -2.09. The van der Waals surface area contributed by atoms with Gasteiger partial charge in [-0.1, -0.05) is 36.4 Å². The molecule has 0 atom stereocenters. The number of para-hydroxylation sites is 1. The molecule has 1 N–H and O–H groups in total. The van der Waals surface area contributed by atoms with Gasteiger partial charge in [-0.05, 0) is 37.0 Å². The van der Waals surface area contributed by atoms with E-state index in [1.165, 1.54) is 12.7 Å². The van der Waals surface area contributed by atoms with E-state index in [9.17, 15) is 14.4 Å². The first kappa shape index (κ1) is 19.4. The number of fused-ring (bicyclic) bond motifs is 1. The average molecular weight is 379 g/mol. The van der Waals surface area contributed by atoms with Crippen LogP contribution in [0.5, 0.6) is 0 Å². The molecule has 0 aliphatic rings. The molecule has 0 fully saturated rings. The summed E-state index contributed by atoms with van der Waals surface area (Å²) in [6.07, 6.45) is 2.90. The van der Waals surface area contributed by atoms with Crippen molar-refractivity contribution < 1.29 is 18.7 Å². The minimum atomic E-state index is -0.749. The van der Waals surface area contributed by atoms with E-state index in [1.807, 2.05) is 18.2 Å². The van der Waals surface area contributed by atoms with Crippen LogP contribution in [-0.2, 0) is 16.0 Å². The van der Waals surface area contributed by atoms with Gasteiger partial charge in [0.15, 0.2) is 11.0 Å². The van der Waals surface area contributed by atoms with Gasteiger partial charge in [0.1, 0.15) is 0 Å². The van der Waals surface area contributed by atoms with E-state index in [0.29, 0.717) is 12.1 Å². The highest BCUT2D eigenvalue weighted by atomic mass is 16.5. The molecular weight excluding hydrogens is 358 g/mol. The summed E-state index contributed by atoms with van der Waals surface area (Å²) >= 11 is 0. The second-order valence-electron chi connectivity index (χ2n) is 6.39. The molecule has 1 heterocycles. The molecule has 0 unspecified atom stereocenters. The SMILES string of the molecule is COC(=O)c1cc(=O)c2cccc(NC(=O)CCCCc3ccccc3)c2o1. The molecule has 0 spiro atoms. The standard InChI is InChI=1S/C22H21NO5/c1-27-22(26)19-14-18(24)16-11-7-12-17(21(16)28-19)23-20(25)13-6-5-10-15-8-3-2-4-9-15/h2-4,7-9,11-12,14H,5-6,10,13H2,1H3,(H,23,25). The Labute approximate surface area is 162 Å². The number of benzene rings is 2. The van der Waals surface area contributed by atoms with Crippen molar-refractivity contribution in [3.05, 3.63) is 76.1 Å². The Kier molecular flexibility index (Phi) is 6.22. The van der Waals surface area contributed by atoms with Crippen molar-refractivity contribution in [3.63, 3.8) is 0 Å². The van der Waals surface area contributed by atoms with Gasteiger partial charge in [-0.25, -0.2) is 4.79 Å². The van der Waals surface area contributed by atoms with Crippen LogP contribution in [0, 0.1) is 0 Å². The first-order valence-corrected chi connectivity index (χ1v) is 9.07. The second-order valence-corrected chi connectivity index (χ2v) is 6.39. The number of aryl methyl sites for hydroxylation is 1. The maximum absolute atomic E-state index is 12.3. The van der Waals surface area contributed by atoms with Gasteiger partial charge in [-0.15, -0.1) is 0 Å². The molecule has 28 heavy (non-hydrogen) atoms. The molecule has 0 aliphatic heterocycles. The Morgan fingerprint density at radius 2 is 1.82 bits per heavy atom. The molecule has 2 aromatic carbocycles. The Morgan fingerprint density at radius 3 is 2.57 bits per heavy atom. The van der Waals surface area contributed by atoms with Crippen molar-refractivity contribution in [3.8, 4) is 0 Å². The van der Waals surface area contributed by atoms with Crippen LogP contribution in [0.15, 0.2) is 63.8 Å². The van der Waals surface area contributed by atoms with Gasteiger partial charge < -0.3 is 14.5 Å². The molecule has 0 bridgehead atoms. The number of carbonyl (C=O) groups is 2. The second kappa shape index (κ2) is 8.99. The number of anilines is 1. The highest BCUT2D eigenvalue weighted by Crippen LogP contribution is 2.23. The van der Waals surface area contributed by atoms with Crippen molar-refractivity contribution in [2.24, 2.45) is 0 Å². The van der Waals surface area contributed by atoms with Crippen molar-refractivity contribution in [1.29, 1.82) is 0 Å². The largest absolute Gasteiger partial charge is 0.463 e. The van der Waals surface area contributed by atoms with Crippen LogP contribution in [0.2, 0.25) is 0 Å². The van der Waals surface area contributed by atoms with Crippen LogP contribution in [0.4, 0.5) is 5.69 Å². The fourth-order valence-corrected chi connectivity index (χ4v) is 2.95. The minimum absolute atomic E-state index is 0.160. The van der Waals surface area contributed by atoms with E-state index in [2.05, 4.69) is 22.2 Å². The van der Waals surface area contributed by atoms with Crippen LogP contribution in [0.25, 0.3) is 11.0 Å². The molecular formula is C22H21NO5. The highest BCUT2D eigenvalue weighted by molar-refractivity contribution is 6.00. The number of nitrogens with one attached hydrogen (secondary N) is 1. The Hall–Kier alpha value is -3.41. The van der Waals surface area contributed by atoms with Gasteiger partial charge in [-0.3, -0.25) is 9.59 Å². The van der Waals surface area contributed by atoms with E-state index < -0.39 is 5.97 Å². The lowest BCUT2D eigenvalue weighted by molar-refractivity contribution is -0.116. The fourth-order valence-electron chi connectivity index (χ4n) is 2.95. The molecule has 6 heteroatoms. The number of carbonyl (C=O) groups excluding carboxylic acids is 2. The fraction of sp³-hybridized carbons (Fsp3) is 0.227. The third-order valence-corrected chi connectivity index (χ3v) is 4.38. The average Bonchev–Trinajstić information content (AvgIpc) is 2.72. The monoisotopic (exact) mass is 379 g/mol. The van der Waals surface area contributed by atoms with Gasteiger partial charge in [0, 0.05) is 12.5 Å². The van der Waals surface area contributed by atoms with Gasteiger partial charge >= 0.3 is 5.97 Å². The third-order valence-electron chi connectivity index (χ3n) is 4.38. The van der Waals surface area contributed by atoms with Crippen LogP contribution >= 0.6 is 0 Å². The maximum Gasteiger partial charge on any atom is 0.374 e. The molecule has 6 nitrogen and oxygen atoms in total. The molecule has 0 saturated carbocycles. The zero-order chi connectivity index (χ0) is 19.9. The smallest absolute Gasteiger partial charge is 0.374 e. The van der Waals surface area contributed by atoms with Crippen LogP contribution in [0.1, 0.15) is 35.4 Å². The summed E-state index contributed by atoms with van der Waals surface area (Å²) in [5.74, 6) is -1.13.